The van der Waals surface area contributed by atoms with E-state index in [2.05, 4.69) is 5.32 Å². The number of aryl methyl sites for hydroxylation is 3. The van der Waals surface area contributed by atoms with E-state index in [1.165, 1.54) is 4.31 Å². The number of nitrogens with zero attached hydrogens (tertiary/aromatic N) is 1. The Hall–Kier alpha value is -2.38. The van der Waals surface area contributed by atoms with Crippen LogP contribution in [0.25, 0.3) is 0 Å². The highest BCUT2D eigenvalue weighted by molar-refractivity contribution is 7.89. The maximum Gasteiger partial charge on any atom is 0.244 e. The molecule has 0 bridgehead atoms. The van der Waals surface area contributed by atoms with Gasteiger partial charge in [-0.2, -0.15) is 4.31 Å². The molecule has 1 N–H and O–H groups in total. The molecule has 0 aliphatic carbocycles. The fourth-order valence-corrected chi connectivity index (χ4v) is 5.23. The van der Waals surface area contributed by atoms with E-state index in [-0.39, 0.29) is 23.9 Å². The third-order valence-electron chi connectivity index (χ3n) is 4.84. The van der Waals surface area contributed by atoms with E-state index in [1.807, 2.05) is 19.1 Å². The van der Waals surface area contributed by atoms with Crippen molar-refractivity contribution < 1.29 is 17.9 Å². The minimum Gasteiger partial charge on any atom is -0.496 e. The van der Waals surface area contributed by atoms with E-state index in [0.717, 1.165) is 11.1 Å². The molecular weight excluding hydrogens is 364 g/mol. The quantitative estimate of drug-likeness (QED) is 0.873. The first-order valence-corrected chi connectivity index (χ1v) is 10.2. The molecule has 27 heavy (non-hydrogen) atoms. The van der Waals surface area contributed by atoms with Crippen LogP contribution in [0.1, 0.15) is 28.3 Å². The number of ether oxygens (including phenoxy) is 1. The second-order valence-electron chi connectivity index (χ2n) is 6.81. The van der Waals surface area contributed by atoms with Crippen LogP contribution in [0.2, 0.25) is 0 Å². The van der Waals surface area contributed by atoms with Crippen LogP contribution in [0.5, 0.6) is 5.75 Å². The lowest BCUT2D eigenvalue weighted by Gasteiger charge is -2.34. The Labute approximate surface area is 160 Å². The lowest BCUT2D eigenvalue weighted by Crippen LogP contribution is -2.52. The van der Waals surface area contributed by atoms with Crippen molar-refractivity contribution >= 4 is 15.9 Å². The van der Waals surface area contributed by atoms with E-state index in [0.29, 0.717) is 16.9 Å². The summed E-state index contributed by atoms with van der Waals surface area (Å²) in [6, 6.07) is 9.82. The largest absolute Gasteiger partial charge is 0.496 e. The number of sulfonamides is 1. The number of carbonyl (C=O) groups excluding carboxylic acids is 1. The smallest absolute Gasteiger partial charge is 0.244 e. The summed E-state index contributed by atoms with van der Waals surface area (Å²) in [5.74, 6) is 0.328. The molecule has 1 amide bonds. The van der Waals surface area contributed by atoms with Crippen molar-refractivity contribution in [1.29, 1.82) is 0 Å². The monoisotopic (exact) mass is 388 g/mol. The lowest BCUT2D eigenvalue weighted by molar-refractivity contribution is -0.126. The molecule has 7 heteroatoms. The first kappa shape index (κ1) is 19.4. The van der Waals surface area contributed by atoms with Gasteiger partial charge >= 0.3 is 0 Å². The number of rotatable bonds is 4. The van der Waals surface area contributed by atoms with E-state index < -0.39 is 16.1 Å². The average molecular weight is 388 g/mol. The van der Waals surface area contributed by atoms with Crippen LogP contribution >= 0.6 is 0 Å². The predicted octanol–water partition coefficient (Wildman–Crippen LogP) is 2.48. The molecule has 0 spiro atoms. The molecule has 144 valence electrons. The molecule has 1 atom stereocenters. The Kier molecular flexibility index (Phi) is 5.26. The zero-order valence-electron chi connectivity index (χ0n) is 15.9. The fraction of sp³-hybridized carbons (Fsp3) is 0.350. The highest BCUT2D eigenvalue weighted by atomic mass is 32.2. The maximum absolute atomic E-state index is 13.5. The maximum atomic E-state index is 13.5. The summed E-state index contributed by atoms with van der Waals surface area (Å²) in [5, 5.41) is 2.78. The van der Waals surface area contributed by atoms with Crippen LogP contribution in [-0.2, 0) is 14.8 Å². The number of methoxy groups -OCH3 is 1. The SMILES string of the molecule is COc1cc(C)c(S(=O)(=O)N2CCNC(=O)C2c2ccc(C)cc2)cc1C. The normalized spacial score (nSPS) is 18.2. The van der Waals surface area contributed by atoms with Crippen LogP contribution < -0.4 is 10.1 Å². The Morgan fingerprint density at radius 1 is 1.07 bits per heavy atom. The van der Waals surface area contributed by atoms with Gasteiger partial charge in [-0.25, -0.2) is 8.42 Å². The third-order valence-corrected chi connectivity index (χ3v) is 6.85. The summed E-state index contributed by atoms with van der Waals surface area (Å²) < 4.78 is 33.5. The Morgan fingerprint density at radius 2 is 1.74 bits per heavy atom. The van der Waals surface area contributed by atoms with E-state index >= 15 is 0 Å². The van der Waals surface area contributed by atoms with Gasteiger partial charge in [-0.05, 0) is 49.6 Å². The standard InChI is InChI=1S/C20H24N2O4S/c1-13-5-7-16(8-6-13)19-20(23)21-9-10-22(19)27(24,25)18-12-14(2)17(26-4)11-15(18)3/h5-8,11-12,19H,9-10H2,1-4H3,(H,21,23). The average Bonchev–Trinajstić information content (AvgIpc) is 2.63. The molecule has 1 saturated heterocycles. The molecule has 0 radical (unpaired) electrons. The molecule has 2 aromatic rings. The molecule has 1 unspecified atom stereocenters. The zero-order valence-corrected chi connectivity index (χ0v) is 16.8. The van der Waals surface area contributed by atoms with Crippen molar-refractivity contribution in [2.75, 3.05) is 20.2 Å². The van der Waals surface area contributed by atoms with Crippen LogP contribution in [-0.4, -0.2) is 38.8 Å². The molecule has 1 fully saturated rings. The van der Waals surface area contributed by atoms with Crippen molar-refractivity contribution in [1.82, 2.24) is 9.62 Å². The summed E-state index contributed by atoms with van der Waals surface area (Å²) in [4.78, 5) is 12.8. The first-order chi connectivity index (χ1) is 12.8. The molecule has 1 aliphatic rings. The van der Waals surface area contributed by atoms with Gasteiger partial charge in [0.2, 0.25) is 15.9 Å². The Bertz CT molecular complexity index is 968. The Morgan fingerprint density at radius 3 is 2.37 bits per heavy atom. The van der Waals surface area contributed by atoms with E-state index in [9.17, 15) is 13.2 Å². The van der Waals surface area contributed by atoms with Gasteiger partial charge in [-0.3, -0.25) is 4.79 Å². The van der Waals surface area contributed by atoms with Gasteiger partial charge in [0.15, 0.2) is 0 Å². The first-order valence-electron chi connectivity index (χ1n) is 8.77. The van der Waals surface area contributed by atoms with Crippen molar-refractivity contribution in [3.8, 4) is 5.75 Å². The zero-order chi connectivity index (χ0) is 19.8. The lowest BCUT2D eigenvalue weighted by atomic mass is 10.0. The van der Waals surface area contributed by atoms with Crippen molar-refractivity contribution in [3.63, 3.8) is 0 Å². The second-order valence-corrected chi connectivity index (χ2v) is 8.67. The molecular formula is C20H24N2O4S. The molecule has 2 aromatic carbocycles. The number of nitrogens with one attached hydrogen (secondary N) is 1. The van der Waals surface area contributed by atoms with Gasteiger partial charge in [0, 0.05) is 13.1 Å². The predicted molar refractivity (Wildman–Crippen MR) is 103 cm³/mol. The van der Waals surface area contributed by atoms with Gasteiger partial charge in [0.05, 0.1) is 12.0 Å². The summed E-state index contributed by atoms with van der Waals surface area (Å²) in [6.45, 7) is 5.99. The van der Waals surface area contributed by atoms with E-state index in [1.54, 1.807) is 45.2 Å². The second kappa shape index (κ2) is 7.32. The van der Waals surface area contributed by atoms with Crippen LogP contribution in [0.15, 0.2) is 41.3 Å². The van der Waals surface area contributed by atoms with Gasteiger partial charge < -0.3 is 10.1 Å². The molecule has 6 nitrogen and oxygen atoms in total. The Balaban J connectivity index is 2.09. The molecule has 0 aromatic heterocycles. The summed E-state index contributed by atoms with van der Waals surface area (Å²) >= 11 is 0. The van der Waals surface area contributed by atoms with Crippen molar-refractivity contribution in [3.05, 3.63) is 58.7 Å². The van der Waals surface area contributed by atoms with Gasteiger partial charge in [-0.1, -0.05) is 29.8 Å². The molecule has 1 heterocycles. The van der Waals surface area contributed by atoms with Crippen LogP contribution in [0.3, 0.4) is 0 Å². The minimum atomic E-state index is -3.86. The third kappa shape index (κ3) is 3.57. The van der Waals surface area contributed by atoms with E-state index in [4.69, 9.17) is 4.74 Å². The number of carbonyl (C=O) groups is 1. The van der Waals surface area contributed by atoms with Crippen molar-refractivity contribution in [2.24, 2.45) is 0 Å². The van der Waals surface area contributed by atoms with Gasteiger partial charge in [0.1, 0.15) is 11.8 Å². The van der Waals surface area contributed by atoms with Gasteiger partial charge in [0.25, 0.3) is 0 Å². The molecule has 0 saturated carbocycles. The summed E-state index contributed by atoms with van der Waals surface area (Å²) in [5.41, 5.74) is 3.02. The highest BCUT2D eigenvalue weighted by Gasteiger charge is 2.40. The van der Waals surface area contributed by atoms with Gasteiger partial charge in [-0.15, -0.1) is 0 Å². The van der Waals surface area contributed by atoms with Crippen molar-refractivity contribution in [2.45, 2.75) is 31.7 Å². The summed E-state index contributed by atoms with van der Waals surface area (Å²) in [6.07, 6.45) is 0. The number of hydrogen-bond donors (Lipinski definition) is 1. The number of hydrogen-bond acceptors (Lipinski definition) is 4. The minimum absolute atomic E-state index is 0.201. The number of piperazine rings is 1. The topological polar surface area (TPSA) is 75.7 Å². The molecule has 1 aliphatic heterocycles. The number of amides is 1. The van der Waals surface area contributed by atoms with Crippen LogP contribution in [0.4, 0.5) is 0 Å². The number of benzene rings is 2. The highest BCUT2D eigenvalue weighted by Crippen LogP contribution is 2.33. The van der Waals surface area contributed by atoms with Crippen LogP contribution in [0, 0.1) is 20.8 Å². The fourth-order valence-electron chi connectivity index (χ4n) is 3.36. The summed E-state index contributed by atoms with van der Waals surface area (Å²) in [7, 11) is -2.31. The molecule has 3 rings (SSSR count).